The highest BCUT2D eigenvalue weighted by Crippen LogP contribution is 2.33. The van der Waals surface area contributed by atoms with E-state index in [0.29, 0.717) is 6.54 Å². The first kappa shape index (κ1) is 22.7. The number of carbonyl (C=O) groups is 2. The predicted molar refractivity (Wildman–Crippen MR) is 137 cm³/mol. The van der Waals surface area contributed by atoms with E-state index in [1.165, 1.54) is 17.5 Å². The lowest BCUT2D eigenvalue weighted by molar-refractivity contribution is -0.131. The van der Waals surface area contributed by atoms with Gasteiger partial charge < -0.3 is 15.2 Å². The summed E-state index contributed by atoms with van der Waals surface area (Å²) in [6.07, 6.45) is 9.13. The lowest BCUT2D eigenvalue weighted by Crippen LogP contribution is -2.53. The topological polar surface area (TPSA) is 65.2 Å². The van der Waals surface area contributed by atoms with Crippen LogP contribution in [0.5, 0.6) is 0 Å². The molecule has 3 aromatic rings. The number of carbonyl (C=O) groups excluding carboxylic acids is 2. The Labute approximate surface area is 201 Å². The van der Waals surface area contributed by atoms with Gasteiger partial charge in [0.05, 0.1) is 0 Å². The van der Waals surface area contributed by atoms with Crippen LogP contribution in [0.2, 0.25) is 0 Å². The summed E-state index contributed by atoms with van der Waals surface area (Å²) in [5, 5.41) is 4.34. The van der Waals surface area contributed by atoms with Crippen LogP contribution in [-0.2, 0) is 16.0 Å². The molecule has 1 saturated carbocycles. The third kappa shape index (κ3) is 4.36. The molecule has 0 radical (unpaired) electrons. The first-order valence-electron chi connectivity index (χ1n) is 12.8. The Morgan fingerprint density at radius 3 is 2.68 bits per heavy atom. The maximum absolute atomic E-state index is 14.1. The van der Waals surface area contributed by atoms with Gasteiger partial charge in [0.15, 0.2) is 0 Å². The van der Waals surface area contributed by atoms with Crippen molar-refractivity contribution in [3.8, 4) is 0 Å². The van der Waals surface area contributed by atoms with Gasteiger partial charge in [0.25, 0.3) is 0 Å². The maximum atomic E-state index is 14.1. The fraction of sp³-hybridized carbons (Fsp3) is 0.448. The number of anilines is 1. The second-order valence-electron chi connectivity index (χ2n) is 10.1. The second kappa shape index (κ2) is 9.65. The largest absolute Gasteiger partial charge is 0.361 e. The molecular weight excluding hydrogens is 422 g/mol. The van der Waals surface area contributed by atoms with Gasteiger partial charge in [-0.15, -0.1) is 0 Å². The van der Waals surface area contributed by atoms with E-state index in [4.69, 9.17) is 0 Å². The zero-order valence-corrected chi connectivity index (χ0v) is 20.3. The highest BCUT2D eigenvalue weighted by Gasteiger charge is 2.36. The second-order valence-corrected chi connectivity index (χ2v) is 10.1. The zero-order chi connectivity index (χ0) is 23.7. The van der Waals surface area contributed by atoms with Gasteiger partial charge in [-0.1, -0.05) is 62.1 Å². The monoisotopic (exact) mass is 457 g/mol. The number of nitrogens with zero attached hydrogens (tertiary/aromatic N) is 1. The molecule has 1 aromatic heterocycles. The molecule has 0 bridgehead atoms. The fourth-order valence-electron chi connectivity index (χ4n) is 5.81. The van der Waals surface area contributed by atoms with E-state index < -0.39 is 6.04 Å². The van der Waals surface area contributed by atoms with Gasteiger partial charge in [0, 0.05) is 41.2 Å². The number of hydrogen-bond acceptors (Lipinski definition) is 2. The molecular formula is C29H35N3O2. The van der Waals surface area contributed by atoms with Gasteiger partial charge >= 0.3 is 0 Å². The molecule has 178 valence electrons. The Bertz CT molecular complexity index is 1190. The molecule has 1 aliphatic carbocycles. The van der Waals surface area contributed by atoms with E-state index >= 15 is 0 Å². The number of aromatic amines is 1. The number of amides is 2. The van der Waals surface area contributed by atoms with Gasteiger partial charge in [-0.05, 0) is 55.9 Å². The molecule has 2 amide bonds. The molecule has 1 aliphatic heterocycles. The Hall–Kier alpha value is -3.08. The normalized spacial score (nSPS) is 18.4. The number of benzene rings is 2. The summed E-state index contributed by atoms with van der Waals surface area (Å²) in [6.45, 7) is 4.85. The first-order chi connectivity index (χ1) is 16.5. The Morgan fingerprint density at radius 2 is 1.85 bits per heavy atom. The van der Waals surface area contributed by atoms with Crippen LogP contribution >= 0.6 is 0 Å². The van der Waals surface area contributed by atoms with Crippen LogP contribution in [0.25, 0.3) is 10.9 Å². The van der Waals surface area contributed by atoms with Crippen molar-refractivity contribution in [3.63, 3.8) is 0 Å². The number of aryl methyl sites for hydroxylation is 2. The number of fused-ring (bicyclic) bond motifs is 2. The summed E-state index contributed by atoms with van der Waals surface area (Å²) in [6, 6.07) is 13.9. The molecule has 5 heteroatoms. The lowest BCUT2D eigenvalue weighted by atomic mass is 9.86. The third-order valence-electron chi connectivity index (χ3n) is 7.77. The van der Waals surface area contributed by atoms with Gasteiger partial charge in [-0.2, -0.15) is 0 Å². The highest BCUT2D eigenvalue weighted by molar-refractivity contribution is 6.01. The van der Waals surface area contributed by atoms with Crippen molar-refractivity contribution in [1.29, 1.82) is 0 Å². The van der Waals surface area contributed by atoms with Gasteiger partial charge in [0.1, 0.15) is 6.04 Å². The molecule has 2 aromatic carbocycles. The standard InChI is InChI=1S/C29H35N3O2/c1-19-14-15-26-22(17-19)11-8-16-32(26)29(34)27(31-28(33)21-9-4-3-5-10-21)20(2)24-18-30-25-13-7-6-12-23(24)25/h6-7,12-15,17-18,20-21,27,30H,3-5,8-11,16H2,1-2H3,(H,31,33). The van der Waals surface area contributed by atoms with E-state index in [1.807, 2.05) is 29.3 Å². The minimum absolute atomic E-state index is 0.00764. The van der Waals surface area contributed by atoms with Crippen LogP contribution in [0, 0.1) is 12.8 Å². The number of nitrogens with one attached hydrogen (secondary N) is 2. The summed E-state index contributed by atoms with van der Waals surface area (Å²) in [5.74, 6) is -0.125. The lowest BCUT2D eigenvalue weighted by Gasteiger charge is -2.35. The van der Waals surface area contributed by atoms with Crippen molar-refractivity contribution in [2.75, 3.05) is 11.4 Å². The number of rotatable bonds is 5. The van der Waals surface area contributed by atoms with Gasteiger partial charge in [0.2, 0.25) is 11.8 Å². The van der Waals surface area contributed by atoms with Crippen molar-refractivity contribution in [2.24, 2.45) is 5.92 Å². The molecule has 5 rings (SSSR count). The quantitative estimate of drug-likeness (QED) is 0.522. The van der Waals surface area contributed by atoms with Crippen LogP contribution in [0.3, 0.4) is 0 Å². The number of para-hydroxylation sites is 1. The summed E-state index contributed by atoms with van der Waals surface area (Å²) in [5.41, 5.74) is 5.54. The Morgan fingerprint density at radius 1 is 1.06 bits per heavy atom. The smallest absolute Gasteiger partial charge is 0.250 e. The van der Waals surface area contributed by atoms with E-state index in [-0.39, 0.29) is 23.7 Å². The third-order valence-corrected chi connectivity index (χ3v) is 7.77. The number of H-pyrrole nitrogens is 1. The molecule has 5 nitrogen and oxygen atoms in total. The van der Waals surface area contributed by atoms with Crippen LogP contribution in [-0.4, -0.2) is 29.4 Å². The maximum Gasteiger partial charge on any atom is 0.250 e. The molecule has 2 aliphatic rings. The Balaban J connectivity index is 1.49. The van der Waals surface area contributed by atoms with Crippen LogP contribution < -0.4 is 10.2 Å². The zero-order valence-electron chi connectivity index (χ0n) is 20.3. The van der Waals surface area contributed by atoms with Crippen molar-refractivity contribution in [1.82, 2.24) is 10.3 Å². The minimum Gasteiger partial charge on any atom is -0.361 e. The fourth-order valence-corrected chi connectivity index (χ4v) is 5.81. The summed E-state index contributed by atoms with van der Waals surface area (Å²) < 4.78 is 0. The summed E-state index contributed by atoms with van der Waals surface area (Å²) >= 11 is 0. The minimum atomic E-state index is -0.610. The Kier molecular flexibility index (Phi) is 6.44. The van der Waals surface area contributed by atoms with Crippen LogP contribution in [0.1, 0.15) is 68.1 Å². The van der Waals surface area contributed by atoms with Crippen molar-refractivity contribution < 1.29 is 9.59 Å². The highest BCUT2D eigenvalue weighted by atomic mass is 16.2. The number of aromatic nitrogens is 1. The van der Waals surface area contributed by atoms with Crippen molar-refractivity contribution in [2.45, 2.75) is 70.8 Å². The van der Waals surface area contributed by atoms with Crippen molar-refractivity contribution in [3.05, 3.63) is 65.4 Å². The summed E-state index contributed by atoms with van der Waals surface area (Å²) in [7, 11) is 0. The summed E-state index contributed by atoms with van der Waals surface area (Å²) in [4.78, 5) is 32.7. The average molecular weight is 458 g/mol. The van der Waals surface area contributed by atoms with E-state index in [0.717, 1.165) is 60.7 Å². The molecule has 2 N–H and O–H groups in total. The predicted octanol–water partition coefficient (Wildman–Crippen LogP) is 5.62. The molecule has 34 heavy (non-hydrogen) atoms. The van der Waals surface area contributed by atoms with E-state index in [9.17, 15) is 9.59 Å². The molecule has 0 saturated heterocycles. The SMILES string of the molecule is Cc1ccc2c(c1)CCCN2C(=O)C(NC(=O)C1CCCCC1)C(C)c1c[nH]c2ccccc12. The average Bonchev–Trinajstić information content (AvgIpc) is 3.30. The molecule has 2 heterocycles. The molecule has 1 fully saturated rings. The van der Waals surface area contributed by atoms with Gasteiger partial charge in [-0.25, -0.2) is 0 Å². The van der Waals surface area contributed by atoms with Crippen LogP contribution in [0.4, 0.5) is 5.69 Å². The van der Waals surface area contributed by atoms with Crippen molar-refractivity contribution >= 4 is 28.4 Å². The van der Waals surface area contributed by atoms with E-state index in [2.05, 4.69) is 48.4 Å². The molecule has 2 unspecified atom stereocenters. The first-order valence-corrected chi connectivity index (χ1v) is 12.8. The van der Waals surface area contributed by atoms with E-state index in [1.54, 1.807) is 0 Å². The van der Waals surface area contributed by atoms with Gasteiger partial charge in [-0.3, -0.25) is 9.59 Å². The number of hydrogen-bond donors (Lipinski definition) is 2. The molecule has 0 spiro atoms. The molecule has 2 atom stereocenters. The van der Waals surface area contributed by atoms with Crippen LogP contribution in [0.15, 0.2) is 48.7 Å².